The summed E-state index contributed by atoms with van der Waals surface area (Å²) in [6.45, 7) is 1.97. The Bertz CT molecular complexity index is 302. The lowest BCUT2D eigenvalue weighted by molar-refractivity contribution is 0.159. The molecule has 0 fully saturated rings. The van der Waals surface area contributed by atoms with Gasteiger partial charge >= 0.3 is 0 Å². The predicted octanol–water partition coefficient (Wildman–Crippen LogP) is 3.29. The van der Waals surface area contributed by atoms with Gasteiger partial charge in [0.15, 0.2) is 0 Å². The third kappa shape index (κ3) is 2.64. The van der Waals surface area contributed by atoms with Crippen molar-refractivity contribution in [3.8, 4) is 6.26 Å². The second-order valence-electron chi connectivity index (χ2n) is 2.66. The Labute approximate surface area is 82.7 Å². The normalized spacial score (nSPS) is 11.8. The van der Waals surface area contributed by atoms with Crippen molar-refractivity contribution in [1.29, 1.82) is 5.26 Å². The highest BCUT2D eigenvalue weighted by Crippen LogP contribution is 2.21. The molecule has 0 N–H and O–H groups in total. The minimum absolute atomic E-state index is 0.151. The number of nitrogens with zero attached hydrogens (tertiary/aromatic N) is 1. The zero-order chi connectivity index (χ0) is 9.68. The Morgan fingerprint density at radius 3 is 2.54 bits per heavy atom. The third-order valence-corrected chi connectivity index (χ3v) is 2.06. The van der Waals surface area contributed by atoms with Crippen molar-refractivity contribution >= 4 is 11.6 Å². The van der Waals surface area contributed by atoms with Gasteiger partial charge in [-0.25, -0.2) is 0 Å². The van der Waals surface area contributed by atoms with Gasteiger partial charge in [0.2, 0.25) is 0 Å². The second-order valence-corrected chi connectivity index (χ2v) is 3.09. The minimum Gasteiger partial charge on any atom is -0.419 e. The zero-order valence-corrected chi connectivity index (χ0v) is 8.08. The van der Waals surface area contributed by atoms with Crippen LogP contribution in [0.1, 0.15) is 25.0 Å². The van der Waals surface area contributed by atoms with Crippen LogP contribution in [0.3, 0.4) is 0 Å². The van der Waals surface area contributed by atoms with Crippen LogP contribution in [0.25, 0.3) is 0 Å². The number of benzene rings is 1. The van der Waals surface area contributed by atoms with Crippen LogP contribution in [0.5, 0.6) is 0 Å². The zero-order valence-electron chi connectivity index (χ0n) is 7.33. The Kier molecular flexibility index (Phi) is 3.60. The Hall–Kier alpha value is -1.20. The first-order valence-corrected chi connectivity index (χ1v) is 4.46. The summed E-state index contributed by atoms with van der Waals surface area (Å²) in [4.78, 5) is 0. The summed E-state index contributed by atoms with van der Waals surface area (Å²) in [5, 5.41) is 9.08. The topological polar surface area (TPSA) is 33.0 Å². The van der Waals surface area contributed by atoms with Crippen molar-refractivity contribution in [2.75, 3.05) is 0 Å². The summed E-state index contributed by atoms with van der Waals surface area (Å²) in [5.74, 6) is 0. The van der Waals surface area contributed by atoms with Crippen LogP contribution in [0, 0.1) is 11.5 Å². The van der Waals surface area contributed by atoms with Crippen molar-refractivity contribution in [3.05, 3.63) is 34.9 Å². The van der Waals surface area contributed by atoms with Gasteiger partial charge in [0, 0.05) is 5.02 Å². The van der Waals surface area contributed by atoms with Crippen LogP contribution in [0.15, 0.2) is 24.3 Å². The van der Waals surface area contributed by atoms with E-state index in [1.807, 2.05) is 19.1 Å². The van der Waals surface area contributed by atoms with E-state index in [4.69, 9.17) is 21.6 Å². The Balaban J connectivity index is 2.80. The summed E-state index contributed by atoms with van der Waals surface area (Å²) >= 11 is 5.73. The third-order valence-electron chi connectivity index (χ3n) is 1.81. The smallest absolute Gasteiger partial charge is 0.286 e. The lowest BCUT2D eigenvalue weighted by atomic mass is 10.1. The molecule has 0 aromatic heterocycles. The molecule has 13 heavy (non-hydrogen) atoms. The minimum atomic E-state index is -0.151. The van der Waals surface area contributed by atoms with Crippen LogP contribution in [-0.2, 0) is 4.74 Å². The standard InChI is InChI=1S/C10H10ClNO/c1-2-10(13-7-12)8-3-5-9(11)6-4-8/h3-6,10H,2H2,1H3/t10-/m1/s1. The lowest BCUT2D eigenvalue weighted by Gasteiger charge is -2.11. The molecule has 1 aromatic rings. The maximum atomic E-state index is 8.39. The second kappa shape index (κ2) is 4.74. The summed E-state index contributed by atoms with van der Waals surface area (Å²) in [6, 6.07) is 7.32. The molecule has 2 nitrogen and oxygen atoms in total. The van der Waals surface area contributed by atoms with Crippen LogP contribution in [0.2, 0.25) is 5.02 Å². The fraction of sp³-hybridized carbons (Fsp3) is 0.300. The fourth-order valence-electron chi connectivity index (χ4n) is 1.13. The van der Waals surface area contributed by atoms with Gasteiger partial charge in [0.1, 0.15) is 6.10 Å². The molecule has 0 unspecified atom stereocenters. The lowest BCUT2D eigenvalue weighted by Crippen LogP contribution is -1.98. The first-order chi connectivity index (χ1) is 6.27. The van der Waals surface area contributed by atoms with Crippen LogP contribution in [-0.4, -0.2) is 0 Å². The number of nitriles is 1. The van der Waals surface area contributed by atoms with Crippen molar-refractivity contribution in [3.63, 3.8) is 0 Å². The maximum Gasteiger partial charge on any atom is 0.286 e. The molecule has 1 atom stereocenters. The van der Waals surface area contributed by atoms with Gasteiger partial charge in [-0.05, 0) is 24.1 Å². The Morgan fingerprint density at radius 1 is 1.46 bits per heavy atom. The molecule has 0 spiro atoms. The molecular formula is C10H10ClNO. The predicted molar refractivity (Wildman–Crippen MR) is 51.2 cm³/mol. The molecule has 0 aliphatic rings. The van der Waals surface area contributed by atoms with E-state index in [1.54, 1.807) is 18.4 Å². The van der Waals surface area contributed by atoms with Gasteiger partial charge < -0.3 is 4.74 Å². The molecule has 0 saturated heterocycles. The molecule has 0 amide bonds. The highest BCUT2D eigenvalue weighted by Gasteiger charge is 2.08. The van der Waals surface area contributed by atoms with Crippen molar-refractivity contribution in [2.45, 2.75) is 19.4 Å². The van der Waals surface area contributed by atoms with Crippen molar-refractivity contribution in [2.24, 2.45) is 0 Å². The summed E-state index contributed by atoms with van der Waals surface area (Å²) in [5.41, 5.74) is 0.980. The highest BCUT2D eigenvalue weighted by atomic mass is 35.5. The van der Waals surface area contributed by atoms with E-state index in [9.17, 15) is 0 Å². The maximum absolute atomic E-state index is 8.39. The van der Waals surface area contributed by atoms with Crippen molar-refractivity contribution < 1.29 is 4.74 Å². The van der Waals surface area contributed by atoms with Gasteiger partial charge in [-0.2, -0.15) is 5.26 Å². The number of halogens is 1. The molecule has 0 heterocycles. The molecular weight excluding hydrogens is 186 g/mol. The van der Waals surface area contributed by atoms with E-state index in [1.165, 1.54) is 0 Å². The Morgan fingerprint density at radius 2 is 2.08 bits per heavy atom. The van der Waals surface area contributed by atoms with E-state index < -0.39 is 0 Å². The molecule has 0 aliphatic heterocycles. The van der Waals surface area contributed by atoms with Gasteiger partial charge in [0.25, 0.3) is 6.26 Å². The van der Waals surface area contributed by atoms with Gasteiger partial charge in [-0.1, -0.05) is 30.7 Å². The summed E-state index contributed by atoms with van der Waals surface area (Å²) in [6.07, 6.45) is 2.32. The van der Waals surface area contributed by atoms with Crippen LogP contribution >= 0.6 is 11.6 Å². The monoisotopic (exact) mass is 195 g/mol. The van der Waals surface area contributed by atoms with Crippen LogP contribution in [0.4, 0.5) is 0 Å². The number of hydrogen-bond acceptors (Lipinski definition) is 2. The number of hydrogen-bond donors (Lipinski definition) is 0. The van der Waals surface area contributed by atoms with Gasteiger partial charge in [-0.15, -0.1) is 0 Å². The van der Waals surface area contributed by atoms with Gasteiger partial charge in [-0.3, -0.25) is 0 Å². The highest BCUT2D eigenvalue weighted by molar-refractivity contribution is 6.30. The SMILES string of the molecule is CC[C@@H](OC#N)c1ccc(Cl)cc1. The fourth-order valence-corrected chi connectivity index (χ4v) is 1.25. The number of rotatable bonds is 3. The molecule has 0 radical (unpaired) electrons. The van der Waals surface area contributed by atoms with Gasteiger partial charge in [0.05, 0.1) is 0 Å². The van der Waals surface area contributed by atoms with E-state index >= 15 is 0 Å². The summed E-state index contributed by atoms with van der Waals surface area (Å²) in [7, 11) is 0. The van der Waals surface area contributed by atoms with Crippen LogP contribution < -0.4 is 0 Å². The first kappa shape index (κ1) is 9.88. The molecule has 0 saturated carbocycles. The quantitative estimate of drug-likeness (QED) is 0.694. The van der Waals surface area contributed by atoms with E-state index in [0.717, 1.165) is 12.0 Å². The molecule has 1 rings (SSSR count). The summed E-state index contributed by atoms with van der Waals surface area (Å²) < 4.78 is 4.88. The van der Waals surface area contributed by atoms with E-state index in [0.29, 0.717) is 5.02 Å². The first-order valence-electron chi connectivity index (χ1n) is 4.08. The van der Waals surface area contributed by atoms with E-state index in [2.05, 4.69) is 0 Å². The molecule has 68 valence electrons. The molecule has 0 bridgehead atoms. The average molecular weight is 196 g/mol. The molecule has 0 aliphatic carbocycles. The largest absolute Gasteiger partial charge is 0.419 e. The average Bonchev–Trinajstić information content (AvgIpc) is 2.16. The number of ether oxygens (including phenoxy) is 1. The molecule has 1 aromatic carbocycles. The van der Waals surface area contributed by atoms with Crippen molar-refractivity contribution in [1.82, 2.24) is 0 Å². The van der Waals surface area contributed by atoms with E-state index in [-0.39, 0.29) is 6.10 Å². The molecule has 3 heteroatoms.